The van der Waals surface area contributed by atoms with Crippen molar-refractivity contribution >= 4 is 17.8 Å². The monoisotopic (exact) mass is 681 g/mol. The van der Waals surface area contributed by atoms with Crippen molar-refractivity contribution in [2.24, 2.45) is 4.99 Å². The summed E-state index contributed by atoms with van der Waals surface area (Å²) >= 11 is 0. The zero-order valence-electron chi connectivity index (χ0n) is 28.7. The Bertz CT molecular complexity index is 1760. The van der Waals surface area contributed by atoms with E-state index in [1.165, 1.54) is 6.07 Å². The summed E-state index contributed by atoms with van der Waals surface area (Å²) in [6, 6.07) is 31.3. The van der Waals surface area contributed by atoms with Gasteiger partial charge in [-0.15, -0.1) is 0 Å². The van der Waals surface area contributed by atoms with Crippen LogP contribution < -0.4 is 15.6 Å². The molecule has 50 heavy (non-hydrogen) atoms. The van der Waals surface area contributed by atoms with Gasteiger partial charge in [-0.05, 0) is 86.2 Å². The first kappa shape index (κ1) is 36.2. The second kappa shape index (κ2) is 16.6. The van der Waals surface area contributed by atoms with E-state index in [0.29, 0.717) is 41.9 Å². The number of aliphatic hydroxyl groups is 1. The highest BCUT2D eigenvalue weighted by Crippen LogP contribution is 2.44. The van der Waals surface area contributed by atoms with Gasteiger partial charge in [-0.2, -0.15) is 0 Å². The van der Waals surface area contributed by atoms with Crippen LogP contribution in [0.25, 0.3) is 11.1 Å². The normalized spacial score (nSPS) is 17.1. The number of amides is 1. The van der Waals surface area contributed by atoms with E-state index in [2.05, 4.69) is 10.9 Å². The highest BCUT2D eigenvalue weighted by molar-refractivity contribution is 6.01. The van der Waals surface area contributed by atoms with Gasteiger partial charge in [0.15, 0.2) is 11.6 Å². The van der Waals surface area contributed by atoms with E-state index in [1.54, 1.807) is 63.2 Å². The molecule has 0 aliphatic carbocycles. The van der Waals surface area contributed by atoms with Crippen LogP contribution in [-0.2, 0) is 25.5 Å². The van der Waals surface area contributed by atoms with E-state index in [-0.39, 0.29) is 37.7 Å². The predicted molar refractivity (Wildman–Crippen MR) is 190 cm³/mol. The molecule has 0 aromatic heterocycles. The first-order chi connectivity index (χ1) is 24.1. The lowest BCUT2D eigenvalue weighted by atomic mass is 9.83. The molecule has 4 aromatic rings. The van der Waals surface area contributed by atoms with Crippen LogP contribution >= 0.6 is 0 Å². The van der Waals surface area contributed by atoms with E-state index < -0.39 is 29.1 Å². The molecule has 262 valence electrons. The standard InChI is InChI=1S/C40H44FN3O6/c1-39(2,3)50-35(46)22-24-40(38(47)44-42-25-23-30-12-7-8-13-34(30)41)36(31-16-14-29(15-17-31)28-10-5-4-6-11-28)49-37(43-40)32-18-20-33(21-19-32)48-27-9-26-45/h4-8,10-21,36,42,45H,9,22-27H2,1-3H3,(H,44,47)/t36-,40-/m0/s1. The van der Waals surface area contributed by atoms with Gasteiger partial charge in [0, 0.05) is 31.6 Å². The van der Waals surface area contributed by atoms with E-state index >= 15 is 0 Å². The van der Waals surface area contributed by atoms with Gasteiger partial charge in [0.1, 0.15) is 17.2 Å². The van der Waals surface area contributed by atoms with Crippen LogP contribution in [0.3, 0.4) is 0 Å². The molecule has 10 heteroatoms. The fraction of sp³-hybridized carbons (Fsp3) is 0.325. The number of carbonyl (C=O) groups excluding carboxylic acids is 2. The maximum Gasteiger partial charge on any atom is 0.306 e. The molecule has 4 aromatic carbocycles. The first-order valence-corrected chi connectivity index (χ1v) is 16.8. The Labute approximate surface area is 292 Å². The van der Waals surface area contributed by atoms with E-state index in [9.17, 15) is 14.0 Å². The number of esters is 1. The molecule has 0 saturated heterocycles. The van der Waals surface area contributed by atoms with Crippen molar-refractivity contribution in [3.8, 4) is 16.9 Å². The molecule has 1 amide bonds. The lowest BCUT2D eigenvalue weighted by Gasteiger charge is -2.31. The van der Waals surface area contributed by atoms with E-state index in [1.807, 2.05) is 54.6 Å². The number of rotatable bonds is 15. The third-order valence-electron chi connectivity index (χ3n) is 8.16. The van der Waals surface area contributed by atoms with Crippen LogP contribution in [0.4, 0.5) is 4.39 Å². The number of hydrogen-bond donors (Lipinski definition) is 3. The zero-order chi connectivity index (χ0) is 35.6. The molecule has 1 aliphatic rings. The lowest BCUT2D eigenvalue weighted by molar-refractivity contribution is -0.155. The number of hydrogen-bond acceptors (Lipinski definition) is 8. The van der Waals surface area contributed by atoms with Gasteiger partial charge in [0.05, 0.1) is 6.61 Å². The average Bonchev–Trinajstić information content (AvgIpc) is 3.51. The summed E-state index contributed by atoms with van der Waals surface area (Å²) < 4.78 is 32.1. The van der Waals surface area contributed by atoms with E-state index in [4.69, 9.17) is 24.3 Å². The van der Waals surface area contributed by atoms with Gasteiger partial charge in [0.25, 0.3) is 5.91 Å². The van der Waals surface area contributed by atoms with Gasteiger partial charge in [-0.25, -0.2) is 14.8 Å². The first-order valence-electron chi connectivity index (χ1n) is 16.8. The summed E-state index contributed by atoms with van der Waals surface area (Å²) in [5.74, 6) is -0.456. The third-order valence-corrected chi connectivity index (χ3v) is 8.16. The van der Waals surface area contributed by atoms with Gasteiger partial charge < -0.3 is 19.3 Å². The number of hydrazine groups is 1. The van der Waals surface area contributed by atoms with Crippen molar-refractivity contribution in [3.05, 3.63) is 126 Å². The largest absolute Gasteiger partial charge is 0.494 e. The minimum Gasteiger partial charge on any atom is -0.494 e. The molecule has 2 atom stereocenters. The number of nitrogens with zero attached hydrogens (tertiary/aromatic N) is 1. The third kappa shape index (κ3) is 9.34. The minimum absolute atomic E-state index is 0.0142. The molecule has 3 N–H and O–H groups in total. The predicted octanol–water partition coefficient (Wildman–Crippen LogP) is 6.50. The van der Waals surface area contributed by atoms with Gasteiger partial charge >= 0.3 is 5.97 Å². The quantitative estimate of drug-likeness (QED) is 0.0745. The molecule has 0 fully saturated rings. The van der Waals surface area contributed by atoms with Gasteiger partial charge in [0.2, 0.25) is 5.90 Å². The number of nitrogens with one attached hydrogen (secondary N) is 2. The summed E-state index contributed by atoms with van der Waals surface area (Å²) in [5, 5.41) is 9.09. The topological polar surface area (TPSA) is 118 Å². The molecular formula is C40H44FN3O6. The van der Waals surface area contributed by atoms with Crippen LogP contribution in [0.1, 0.15) is 62.8 Å². The molecule has 0 saturated carbocycles. The number of carbonyl (C=O) groups is 2. The fourth-order valence-electron chi connectivity index (χ4n) is 5.69. The lowest BCUT2D eigenvalue weighted by Crippen LogP contribution is -2.53. The van der Waals surface area contributed by atoms with Gasteiger partial charge in [-0.1, -0.05) is 72.8 Å². The highest BCUT2D eigenvalue weighted by Gasteiger charge is 2.53. The molecule has 0 bridgehead atoms. The minimum atomic E-state index is -1.58. The number of aliphatic imine (C=N–C) groups is 1. The van der Waals surface area contributed by atoms with Crippen LogP contribution in [0, 0.1) is 5.82 Å². The SMILES string of the molecule is CC(C)(C)OC(=O)CC[C@]1(C(=O)NNCCc2ccccc2F)N=C(c2ccc(OCCCO)cc2)O[C@H]1c1ccc(-c2ccccc2)cc1. The molecular weight excluding hydrogens is 637 g/mol. The Morgan fingerprint density at radius 1 is 0.900 bits per heavy atom. The number of benzene rings is 4. The molecule has 9 nitrogen and oxygen atoms in total. The summed E-state index contributed by atoms with van der Waals surface area (Å²) in [7, 11) is 0. The molecule has 5 rings (SSSR count). The second-order valence-electron chi connectivity index (χ2n) is 13.1. The van der Waals surface area contributed by atoms with Crippen molar-refractivity contribution in [2.75, 3.05) is 19.8 Å². The average molecular weight is 682 g/mol. The Kier molecular flexibility index (Phi) is 12.0. The van der Waals surface area contributed by atoms with Crippen molar-refractivity contribution in [1.82, 2.24) is 10.9 Å². The van der Waals surface area contributed by atoms with Crippen LogP contribution in [0.15, 0.2) is 108 Å². The van der Waals surface area contributed by atoms with Crippen molar-refractivity contribution in [2.45, 2.75) is 63.7 Å². The zero-order valence-corrected chi connectivity index (χ0v) is 28.7. The van der Waals surface area contributed by atoms with Crippen molar-refractivity contribution in [1.29, 1.82) is 0 Å². The van der Waals surface area contributed by atoms with Crippen LogP contribution in [0.5, 0.6) is 5.75 Å². The van der Waals surface area contributed by atoms with Crippen molar-refractivity contribution < 1.29 is 33.3 Å². The Hall–Kier alpha value is -5.06. The van der Waals surface area contributed by atoms with Crippen molar-refractivity contribution in [3.63, 3.8) is 0 Å². The van der Waals surface area contributed by atoms with Crippen LogP contribution in [0.2, 0.25) is 0 Å². The number of halogens is 1. The Morgan fingerprint density at radius 2 is 1.56 bits per heavy atom. The molecule has 0 unspecified atom stereocenters. The summed E-state index contributed by atoms with van der Waals surface area (Å²) in [5.41, 5.74) is 7.27. The van der Waals surface area contributed by atoms with Gasteiger partial charge in [-0.3, -0.25) is 15.0 Å². The smallest absolute Gasteiger partial charge is 0.306 e. The molecule has 0 spiro atoms. The summed E-state index contributed by atoms with van der Waals surface area (Å²) in [6.07, 6.45) is -0.180. The summed E-state index contributed by atoms with van der Waals surface area (Å²) in [6.45, 7) is 6.01. The number of aliphatic hydroxyl groups excluding tert-OH is 1. The molecule has 1 heterocycles. The maximum absolute atomic E-state index is 14.4. The molecule has 1 aliphatic heterocycles. The second-order valence-corrected chi connectivity index (χ2v) is 13.1. The van der Waals surface area contributed by atoms with E-state index in [0.717, 1.165) is 11.1 Å². The number of ether oxygens (including phenoxy) is 3. The summed E-state index contributed by atoms with van der Waals surface area (Å²) in [4.78, 5) is 32.4. The van der Waals surface area contributed by atoms with Crippen LogP contribution in [-0.4, -0.2) is 53.8 Å². The highest BCUT2D eigenvalue weighted by atomic mass is 19.1. The molecule has 0 radical (unpaired) electrons. The Balaban J connectivity index is 1.48. The maximum atomic E-state index is 14.4. The Morgan fingerprint density at radius 3 is 2.24 bits per heavy atom. The fourth-order valence-corrected chi connectivity index (χ4v) is 5.69.